The third kappa shape index (κ3) is 3.85. The number of carbonyl (C=O) groups excluding carboxylic acids is 1. The Balaban J connectivity index is 0.000000185. The lowest BCUT2D eigenvalue weighted by molar-refractivity contribution is -0.192. The van der Waals surface area contributed by atoms with Crippen LogP contribution in [0.3, 0.4) is 0 Å². The molecule has 0 aromatic rings. The number of nitrogens with one attached hydrogen (secondary N) is 1. The summed E-state index contributed by atoms with van der Waals surface area (Å²) in [6.45, 7) is 2.09. The van der Waals surface area contributed by atoms with Crippen molar-refractivity contribution in [3.63, 3.8) is 0 Å². The van der Waals surface area contributed by atoms with Gasteiger partial charge in [0.15, 0.2) is 0 Å². The summed E-state index contributed by atoms with van der Waals surface area (Å²) in [5.74, 6) is -1.86. The maximum atomic E-state index is 10.6. The number of aliphatic carboxylic acids is 1. The van der Waals surface area contributed by atoms with E-state index in [2.05, 4.69) is 11.4 Å². The molecule has 1 heterocycles. The fourth-order valence-electron chi connectivity index (χ4n) is 1.86. The van der Waals surface area contributed by atoms with Gasteiger partial charge in [-0.3, -0.25) is 0 Å². The Morgan fingerprint density at radius 2 is 2.12 bits per heavy atom. The number of allylic oxidation sites excluding steroid dienone is 1. The van der Waals surface area contributed by atoms with Crippen molar-refractivity contribution in [3.8, 4) is 0 Å². The fourth-order valence-corrected chi connectivity index (χ4v) is 1.86. The van der Waals surface area contributed by atoms with Gasteiger partial charge >= 0.3 is 12.1 Å². The quantitative estimate of drug-likeness (QED) is 0.538. The molecule has 0 aromatic heterocycles. The zero-order valence-electron chi connectivity index (χ0n) is 8.83. The number of hydrogen-bond donors (Lipinski definition) is 2. The summed E-state index contributed by atoms with van der Waals surface area (Å²) in [6.07, 6.45) is -0.852. The van der Waals surface area contributed by atoms with Crippen molar-refractivity contribution in [3.05, 3.63) is 11.6 Å². The van der Waals surface area contributed by atoms with Gasteiger partial charge in [-0.15, -0.1) is 0 Å². The average Bonchev–Trinajstić information content (AvgIpc) is 2.75. The lowest BCUT2D eigenvalue weighted by Gasteiger charge is -2.01. The Bertz CT molecular complexity index is 338. The van der Waals surface area contributed by atoms with Crippen LogP contribution in [0.15, 0.2) is 11.6 Å². The van der Waals surface area contributed by atoms with E-state index in [0.29, 0.717) is 5.92 Å². The van der Waals surface area contributed by atoms with Gasteiger partial charge in [0.2, 0.25) is 0 Å². The minimum Gasteiger partial charge on any atom is -0.475 e. The topological polar surface area (TPSA) is 66.4 Å². The van der Waals surface area contributed by atoms with Gasteiger partial charge in [0, 0.05) is 19.0 Å². The normalized spacial score (nSPS) is 26.6. The number of halogens is 3. The van der Waals surface area contributed by atoms with Crippen molar-refractivity contribution < 1.29 is 27.9 Å². The smallest absolute Gasteiger partial charge is 0.475 e. The van der Waals surface area contributed by atoms with Crippen molar-refractivity contribution in [1.29, 1.82) is 0 Å². The number of carboxylic acids is 1. The Morgan fingerprint density at radius 1 is 1.53 bits per heavy atom. The lowest BCUT2D eigenvalue weighted by Crippen LogP contribution is -2.21. The van der Waals surface area contributed by atoms with Crippen molar-refractivity contribution in [2.45, 2.75) is 12.6 Å². The van der Waals surface area contributed by atoms with Gasteiger partial charge in [0.25, 0.3) is 0 Å². The van der Waals surface area contributed by atoms with E-state index in [1.165, 1.54) is 5.57 Å². The van der Waals surface area contributed by atoms with Crippen LogP contribution < -0.4 is 5.32 Å². The van der Waals surface area contributed by atoms with Crippen LogP contribution in [-0.4, -0.2) is 36.6 Å². The highest BCUT2D eigenvalue weighted by Gasteiger charge is 2.38. The van der Waals surface area contributed by atoms with Gasteiger partial charge in [-0.2, -0.15) is 13.2 Å². The van der Waals surface area contributed by atoms with Gasteiger partial charge in [0.1, 0.15) is 6.29 Å². The molecule has 1 aliphatic heterocycles. The fraction of sp³-hybridized carbons (Fsp3) is 0.600. The first-order valence-electron chi connectivity index (χ1n) is 5.01. The number of carbonyl (C=O) groups is 2. The van der Waals surface area contributed by atoms with Crippen LogP contribution in [0, 0.1) is 11.8 Å². The van der Waals surface area contributed by atoms with Crippen LogP contribution in [0.5, 0.6) is 0 Å². The maximum absolute atomic E-state index is 10.6. The number of aldehydes is 1. The molecule has 0 bridgehead atoms. The molecule has 1 saturated heterocycles. The van der Waals surface area contributed by atoms with Gasteiger partial charge in [-0.1, -0.05) is 11.6 Å². The van der Waals surface area contributed by atoms with E-state index >= 15 is 0 Å². The molecule has 7 heteroatoms. The van der Waals surface area contributed by atoms with Crippen LogP contribution in [0.25, 0.3) is 0 Å². The number of alkyl halides is 3. The minimum atomic E-state index is -5.08. The summed E-state index contributed by atoms with van der Waals surface area (Å²) >= 11 is 0. The molecule has 2 N–H and O–H groups in total. The van der Waals surface area contributed by atoms with E-state index in [9.17, 15) is 18.0 Å². The molecule has 0 spiro atoms. The Morgan fingerprint density at radius 3 is 2.53 bits per heavy atom. The second-order valence-electron chi connectivity index (χ2n) is 3.91. The standard InChI is InChI=1S/C8H11NO.C2HF3O2/c10-5-6-1-7-3-9-4-8(7)2-6;3-2(4,5)1(6)7/h1,5-6,8-9H,2-4H2;(H,6,7). The summed E-state index contributed by atoms with van der Waals surface area (Å²) in [5.41, 5.74) is 1.46. The van der Waals surface area contributed by atoms with Crippen molar-refractivity contribution in [2.24, 2.45) is 11.8 Å². The Kier molecular flexibility index (Phi) is 4.28. The van der Waals surface area contributed by atoms with Gasteiger partial charge < -0.3 is 15.2 Å². The molecule has 2 rings (SSSR count). The van der Waals surface area contributed by atoms with E-state index in [0.717, 1.165) is 25.8 Å². The second-order valence-corrected chi connectivity index (χ2v) is 3.91. The minimum absolute atomic E-state index is 0.224. The summed E-state index contributed by atoms with van der Waals surface area (Å²) in [4.78, 5) is 19.3. The van der Waals surface area contributed by atoms with Crippen molar-refractivity contribution >= 4 is 12.3 Å². The molecule has 0 aromatic carbocycles. The number of carboxylic acid groups (broad SMARTS) is 1. The first kappa shape index (κ1) is 13.7. The van der Waals surface area contributed by atoms with Crippen LogP contribution in [0.2, 0.25) is 0 Å². The Hall–Kier alpha value is -1.37. The zero-order valence-corrected chi connectivity index (χ0v) is 8.83. The van der Waals surface area contributed by atoms with Crippen LogP contribution in [-0.2, 0) is 9.59 Å². The molecule has 0 amide bonds. The molecule has 2 aliphatic rings. The third-order valence-electron chi connectivity index (χ3n) is 2.65. The molecular weight excluding hydrogens is 239 g/mol. The summed E-state index contributed by atoms with van der Waals surface area (Å²) in [5, 5.41) is 10.4. The number of fused-ring (bicyclic) bond motifs is 1. The van der Waals surface area contributed by atoms with E-state index in [-0.39, 0.29) is 5.92 Å². The SMILES string of the molecule is O=C(O)C(F)(F)F.O=CC1C=C2CNCC2C1. The third-order valence-corrected chi connectivity index (χ3v) is 2.65. The number of hydrogen-bond acceptors (Lipinski definition) is 3. The molecule has 2 unspecified atom stereocenters. The average molecular weight is 251 g/mol. The summed E-state index contributed by atoms with van der Waals surface area (Å²) < 4.78 is 31.7. The predicted molar refractivity (Wildman–Crippen MR) is 52.3 cm³/mol. The van der Waals surface area contributed by atoms with Crippen LogP contribution in [0.1, 0.15) is 6.42 Å². The van der Waals surface area contributed by atoms with E-state index in [4.69, 9.17) is 9.90 Å². The lowest BCUT2D eigenvalue weighted by atomic mass is 10.0. The molecule has 1 aliphatic carbocycles. The van der Waals surface area contributed by atoms with E-state index in [1.807, 2.05) is 0 Å². The highest BCUT2D eigenvalue weighted by atomic mass is 19.4. The van der Waals surface area contributed by atoms with Crippen molar-refractivity contribution in [2.75, 3.05) is 13.1 Å². The maximum Gasteiger partial charge on any atom is 0.490 e. The van der Waals surface area contributed by atoms with E-state index < -0.39 is 12.1 Å². The van der Waals surface area contributed by atoms with Crippen molar-refractivity contribution in [1.82, 2.24) is 5.32 Å². The molecule has 4 nitrogen and oxygen atoms in total. The first-order chi connectivity index (χ1) is 7.84. The number of rotatable bonds is 1. The second kappa shape index (κ2) is 5.31. The Labute approximate surface area is 95.5 Å². The first-order valence-corrected chi connectivity index (χ1v) is 5.01. The van der Waals surface area contributed by atoms with Crippen LogP contribution >= 0.6 is 0 Å². The zero-order chi connectivity index (χ0) is 13.1. The monoisotopic (exact) mass is 251 g/mol. The predicted octanol–water partition coefficient (Wildman–Crippen LogP) is 0.984. The van der Waals surface area contributed by atoms with Gasteiger partial charge in [-0.25, -0.2) is 4.79 Å². The highest BCUT2D eigenvalue weighted by Crippen LogP contribution is 2.31. The van der Waals surface area contributed by atoms with Gasteiger partial charge in [-0.05, 0) is 12.3 Å². The molecule has 0 radical (unpaired) electrons. The molecule has 0 saturated carbocycles. The molecule has 96 valence electrons. The largest absolute Gasteiger partial charge is 0.490 e. The molecular formula is C10H12F3NO3. The van der Waals surface area contributed by atoms with Crippen LogP contribution in [0.4, 0.5) is 13.2 Å². The summed E-state index contributed by atoms with van der Waals surface area (Å²) in [6, 6.07) is 0. The highest BCUT2D eigenvalue weighted by molar-refractivity contribution is 5.73. The molecule has 17 heavy (non-hydrogen) atoms. The van der Waals surface area contributed by atoms with E-state index in [1.54, 1.807) is 0 Å². The summed E-state index contributed by atoms with van der Waals surface area (Å²) in [7, 11) is 0. The molecule has 2 atom stereocenters. The molecule has 1 fully saturated rings. The van der Waals surface area contributed by atoms with Gasteiger partial charge in [0.05, 0.1) is 0 Å².